The van der Waals surface area contributed by atoms with Gasteiger partial charge in [0.2, 0.25) is 5.88 Å². The fraction of sp³-hybridized carbons (Fsp3) is 0.650. The lowest BCUT2D eigenvalue weighted by Crippen LogP contribution is -2.55. The lowest BCUT2D eigenvalue weighted by molar-refractivity contribution is -0.152. The first-order chi connectivity index (χ1) is 14.6. The van der Waals surface area contributed by atoms with Crippen LogP contribution in [0.5, 0.6) is 5.88 Å². The van der Waals surface area contributed by atoms with Crippen LogP contribution in [0.4, 0.5) is 26.7 Å². The topological polar surface area (TPSA) is 80.8 Å². The molecule has 32 heavy (non-hydrogen) atoms. The molecular formula is C20H26F5N3O4. The van der Waals surface area contributed by atoms with E-state index in [1.807, 2.05) is 0 Å². The van der Waals surface area contributed by atoms with Crippen molar-refractivity contribution in [2.45, 2.75) is 70.3 Å². The van der Waals surface area contributed by atoms with Crippen LogP contribution in [0, 0.1) is 0 Å². The number of hydrogen-bond acceptors (Lipinski definition) is 5. The van der Waals surface area contributed by atoms with E-state index in [-0.39, 0.29) is 25.4 Å². The van der Waals surface area contributed by atoms with Gasteiger partial charge in [-0.25, -0.2) is 9.78 Å². The Bertz CT molecular complexity index is 826. The van der Waals surface area contributed by atoms with Crippen molar-refractivity contribution in [1.29, 1.82) is 0 Å². The third-order valence-corrected chi connectivity index (χ3v) is 4.64. The van der Waals surface area contributed by atoms with Crippen LogP contribution in [0.15, 0.2) is 18.3 Å². The third kappa shape index (κ3) is 6.92. The lowest BCUT2D eigenvalue weighted by Gasteiger charge is -2.38. The summed E-state index contributed by atoms with van der Waals surface area (Å²) in [5.74, 6) is -6.80. The van der Waals surface area contributed by atoms with E-state index in [1.165, 1.54) is 4.90 Å². The standard InChI is InChI=1S/C20H26F5N3O4/c1-12-10-13(7-9-28(12)17(30)32-18(2,3)4)27-16(29)19(21,22)11-31-15-14(20(23,24)25)6-5-8-26-15/h5-6,8,12-13H,7,9-11H2,1-4H3,(H,27,29)/t12-,13-/m0/s1. The molecule has 0 spiro atoms. The van der Waals surface area contributed by atoms with Crippen molar-refractivity contribution in [1.82, 2.24) is 15.2 Å². The molecule has 2 atom stereocenters. The van der Waals surface area contributed by atoms with Crippen molar-refractivity contribution in [3.05, 3.63) is 23.9 Å². The van der Waals surface area contributed by atoms with Gasteiger partial charge >= 0.3 is 18.2 Å². The van der Waals surface area contributed by atoms with E-state index in [9.17, 15) is 31.5 Å². The second-order valence-corrected chi connectivity index (χ2v) is 8.56. The summed E-state index contributed by atoms with van der Waals surface area (Å²) >= 11 is 0. The van der Waals surface area contributed by atoms with Gasteiger partial charge in [-0.3, -0.25) is 4.79 Å². The van der Waals surface area contributed by atoms with Gasteiger partial charge in [0, 0.05) is 24.8 Å². The van der Waals surface area contributed by atoms with E-state index < -0.39 is 53.8 Å². The van der Waals surface area contributed by atoms with E-state index in [4.69, 9.17) is 4.74 Å². The number of alkyl halides is 5. The molecule has 0 bridgehead atoms. The number of amides is 2. The summed E-state index contributed by atoms with van der Waals surface area (Å²) in [4.78, 5) is 29.1. The molecular weight excluding hydrogens is 441 g/mol. The molecule has 0 aromatic carbocycles. The Labute approximate surface area is 182 Å². The molecule has 0 aliphatic carbocycles. The van der Waals surface area contributed by atoms with E-state index in [0.717, 1.165) is 12.3 Å². The zero-order valence-electron chi connectivity index (χ0n) is 18.1. The molecule has 1 aliphatic rings. The second kappa shape index (κ2) is 9.45. The molecule has 0 unspecified atom stereocenters. The van der Waals surface area contributed by atoms with Crippen LogP contribution in [0.1, 0.15) is 46.1 Å². The molecule has 1 aliphatic heterocycles. The minimum absolute atomic E-state index is 0.186. The van der Waals surface area contributed by atoms with Crippen molar-refractivity contribution in [3.63, 3.8) is 0 Å². The molecule has 2 heterocycles. The number of piperidine rings is 1. The summed E-state index contributed by atoms with van der Waals surface area (Å²) in [6.07, 6.45) is -4.00. The second-order valence-electron chi connectivity index (χ2n) is 8.56. The van der Waals surface area contributed by atoms with Crippen molar-refractivity contribution >= 4 is 12.0 Å². The molecule has 0 radical (unpaired) electrons. The number of nitrogens with one attached hydrogen (secondary N) is 1. The first-order valence-electron chi connectivity index (χ1n) is 9.93. The van der Waals surface area contributed by atoms with Crippen LogP contribution in [0.2, 0.25) is 0 Å². The number of carbonyl (C=O) groups is 2. The predicted octanol–water partition coefficient (Wildman–Crippen LogP) is 4.02. The van der Waals surface area contributed by atoms with E-state index in [0.29, 0.717) is 6.07 Å². The van der Waals surface area contributed by atoms with Gasteiger partial charge in [0.05, 0.1) is 0 Å². The molecule has 2 rings (SSSR count). The van der Waals surface area contributed by atoms with Crippen LogP contribution in [-0.2, 0) is 15.7 Å². The number of hydrogen-bond donors (Lipinski definition) is 1. The number of ether oxygens (including phenoxy) is 2. The van der Waals surface area contributed by atoms with Crippen molar-refractivity contribution in [3.8, 4) is 5.88 Å². The number of aromatic nitrogens is 1. The fourth-order valence-corrected chi connectivity index (χ4v) is 3.13. The SMILES string of the molecule is C[C@H]1C[C@@H](NC(=O)C(F)(F)COc2ncccc2C(F)(F)F)CCN1C(=O)OC(C)(C)C. The number of carbonyl (C=O) groups excluding carboxylic acids is 2. The molecule has 12 heteroatoms. The highest BCUT2D eigenvalue weighted by Gasteiger charge is 2.43. The third-order valence-electron chi connectivity index (χ3n) is 4.64. The molecule has 1 aromatic rings. The van der Waals surface area contributed by atoms with Gasteiger partial charge in [0.25, 0.3) is 5.91 Å². The summed E-state index contributed by atoms with van der Waals surface area (Å²) in [5, 5.41) is 2.19. The molecule has 7 nitrogen and oxygen atoms in total. The van der Waals surface area contributed by atoms with Crippen molar-refractivity contribution in [2.75, 3.05) is 13.2 Å². The quantitative estimate of drug-likeness (QED) is 0.662. The Balaban J connectivity index is 1.93. The van der Waals surface area contributed by atoms with Gasteiger partial charge in [-0.1, -0.05) is 0 Å². The average molecular weight is 467 g/mol. The fourth-order valence-electron chi connectivity index (χ4n) is 3.13. The van der Waals surface area contributed by atoms with Crippen LogP contribution in [0.3, 0.4) is 0 Å². The van der Waals surface area contributed by atoms with Crippen LogP contribution < -0.4 is 10.1 Å². The molecule has 1 fully saturated rings. The van der Waals surface area contributed by atoms with Crippen LogP contribution in [-0.4, -0.2) is 58.6 Å². The summed E-state index contributed by atoms with van der Waals surface area (Å²) in [7, 11) is 0. The lowest BCUT2D eigenvalue weighted by atomic mass is 9.98. The van der Waals surface area contributed by atoms with E-state index in [1.54, 1.807) is 27.7 Å². The Hall–Kier alpha value is -2.66. The largest absolute Gasteiger partial charge is 0.470 e. The highest BCUT2D eigenvalue weighted by Crippen LogP contribution is 2.35. The molecule has 2 amide bonds. The zero-order valence-corrected chi connectivity index (χ0v) is 18.1. The molecule has 0 saturated carbocycles. The average Bonchev–Trinajstić information content (AvgIpc) is 2.64. The number of rotatable bonds is 5. The first kappa shape index (κ1) is 25.6. The smallest absolute Gasteiger partial charge is 0.421 e. The van der Waals surface area contributed by atoms with Crippen LogP contribution >= 0.6 is 0 Å². The Morgan fingerprint density at radius 2 is 1.88 bits per heavy atom. The molecule has 1 N–H and O–H groups in total. The molecule has 180 valence electrons. The Kier molecular flexibility index (Phi) is 7.56. The van der Waals surface area contributed by atoms with Gasteiger partial charge in [-0.05, 0) is 52.7 Å². The minimum Gasteiger partial charge on any atom is -0.470 e. The number of pyridine rings is 1. The number of halogens is 5. The summed E-state index contributed by atoms with van der Waals surface area (Å²) < 4.78 is 77.1. The predicted molar refractivity (Wildman–Crippen MR) is 103 cm³/mol. The molecule has 1 aromatic heterocycles. The summed E-state index contributed by atoms with van der Waals surface area (Å²) in [6, 6.07) is 0.602. The monoisotopic (exact) mass is 467 g/mol. The van der Waals surface area contributed by atoms with E-state index >= 15 is 0 Å². The first-order valence-corrected chi connectivity index (χ1v) is 9.93. The maximum absolute atomic E-state index is 14.2. The maximum Gasteiger partial charge on any atom is 0.421 e. The summed E-state index contributed by atoms with van der Waals surface area (Å²) in [6.45, 7) is 5.43. The van der Waals surface area contributed by atoms with Gasteiger partial charge in [0.15, 0.2) is 6.61 Å². The Morgan fingerprint density at radius 1 is 1.22 bits per heavy atom. The van der Waals surface area contributed by atoms with Crippen LogP contribution in [0.25, 0.3) is 0 Å². The van der Waals surface area contributed by atoms with Crippen molar-refractivity contribution in [2.24, 2.45) is 0 Å². The van der Waals surface area contributed by atoms with Gasteiger partial charge < -0.3 is 19.7 Å². The highest BCUT2D eigenvalue weighted by molar-refractivity contribution is 5.83. The number of nitrogens with zero attached hydrogens (tertiary/aromatic N) is 2. The van der Waals surface area contributed by atoms with Gasteiger partial charge in [0.1, 0.15) is 11.2 Å². The number of likely N-dealkylation sites (tertiary alicyclic amines) is 1. The minimum atomic E-state index is -4.85. The normalized spacial score (nSPS) is 20.0. The summed E-state index contributed by atoms with van der Waals surface area (Å²) in [5.41, 5.74) is -2.01. The maximum atomic E-state index is 14.2. The van der Waals surface area contributed by atoms with Crippen molar-refractivity contribution < 1.29 is 41.0 Å². The zero-order chi connectivity index (χ0) is 24.3. The highest BCUT2D eigenvalue weighted by atomic mass is 19.4. The van der Waals surface area contributed by atoms with Gasteiger partial charge in [-0.2, -0.15) is 22.0 Å². The van der Waals surface area contributed by atoms with E-state index in [2.05, 4.69) is 15.0 Å². The Morgan fingerprint density at radius 3 is 2.44 bits per heavy atom. The molecule has 1 saturated heterocycles. The van der Waals surface area contributed by atoms with Gasteiger partial charge in [-0.15, -0.1) is 0 Å².